The van der Waals surface area contributed by atoms with E-state index in [-0.39, 0.29) is 18.4 Å². The number of benzene rings is 1. The first-order chi connectivity index (χ1) is 13.0. The van der Waals surface area contributed by atoms with Crippen LogP contribution in [-0.2, 0) is 11.4 Å². The van der Waals surface area contributed by atoms with Gasteiger partial charge in [0.05, 0.1) is 17.7 Å². The van der Waals surface area contributed by atoms with E-state index in [4.69, 9.17) is 9.26 Å². The summed E-state index contributed by atoms with van der Waals surface area (Å²) in [4.78, 5) is 30.1. The molecule has 0 saturated heterocycles. The van der Waals surface area contributed by atoms with E-state index in [2.05, 4.69) is 15.5 Å². The molecule has 3 rings (SSSR count). The van der Waals surface area contributed by atoms with Crippen LogP contribution in [0.2, 0.25) is 0 Å². The molecule has 27 heavy (non-hydrogen) atoms. The Morgan fingerprint density at radius 3 is 2.89 bits per heavy atom. The van der Waals surface area contributed by atoms with Crippen molar-refractivity contribution in [1.29, 1.82) is 0 Å². The highest BCUT2D eigenvalue weighted by molar-refractivity contribution is 7.07. The second kappa shape index (κ2) is 8.45. The van der Waals surface area contributed by atoms with E-state index >= 15 is 0 Å². The molecule has 0 fully saturated rings. The third-order valence-electron chi connectivity index (χ3n) is 3.57. The molecule has 140 valence electrons. The molecule has 2 heterocycles. The monoisotopic (exact) mass is 386 g/mol. The van der Waals surface area contributed by atoms with Crippen LogP contribution in [0.4, 0.5) is 5.82 Å². The number of carbonyl (C=O) groups excluding carboxylic acids is 2. The van der Waals surface area contributed by atoms with Gasteiger partial charge in [0, 0.05) is 24.1 Å². The second-order valence-corrected chi connectivity index (χ2v) is 6.55. The molecular weight excluding hydrogens is 368 g/mol. The minimum Gasteiger partial charge on any atom is -0.487 e. The van der Waals surface area contributed by atoms with Gasteiger partial charge in [-0.1, -0.05) is 11.2 Å². The molecule has 1 aromatic carbocycles. The summed E-state index contributed by atoms with van der Waals surface area (Å²) in [5.74, 6) is 0.806. The Bertz CT molecular complexity index is 923. The van der Waals surface area contributed by atoms with Gasteiger partial charge in [-0.2, -0.15) is 0 Å². The summed E-state index contributed by atoms with van der Waals surface area (Å²) in [5, 5.41) is 8.17. The Morgan fingerprint density at radius 2 is 2.19 bits per heavy atom. The number of likely N-dealkylation sites (N-methyl/N-ethyl adjacent to an activating group) is 1. The van der Waals surface area contributed by atoms with Crippen LogP contribution < -0.4 is 10.1 Å². The number of amides is 2. The molecule has 0 radical (unpaired) electrons. The van der Waals surface area contributed by atoms with E-state index in [1.165, 1.54) is 16.2 Å². The van der Waals surface area contributed by atoms with Gasteiger partial charge in [-0.3, -0.25) is 9.59 Å². The molecule has 1 N–H and O–H groups in total. The van der Waals surface area contributed by atoms with Crippen molar-refractivity contribution >= 4 is 29.0 Å². The number of hydrogen-bond donors (Lipinski definition) is 1. The molecule has 0 unspecified atom stereocenters. The van der Waals surface area contributed by atoms with Gasteiger partial charge in [0.15, 0.2) is 5.82 Å². The molecule has 2 aromatic heterocycles. The number of nitrogens with one attached hydrogen (secondary N) is 1. The number of thiazole rings is 1. The lowest BCUT2D eigenvalue weighted by atomic mass is 10.2. The van der Waals surface area contributed by atoms with Crippen LogP contribution in [0.3, 0.4) is 0 Å². The topological polar surface area (TPSA) is 97.6 Å². The normalized spacial score (nSPS) is 10.4. The Labute approximate surface area is 159 Å². The van der Waals surface area contributed by atoms with Crippen molar-refractivity contribution in [2.24, 2.45) is 0 Å². The Morgan fingerprint density at radius 1 is 1.33 bits per heavy atom. The van der Waals surface area contributed by atoms with Crippen molar-refractivity contribution < 1.29 is 18.8 Å². The van der Waals surface area contributed by atoms with Crippen molar-refractivity contribution in [3.8, 4) is 5.75 Å². The highest BCUT2D eigenvalue weighted by Gasteiger charge is 2.16. The Kier molecular flexibility index (Phi) is 5.82. The van der Waals surface area contributed by atoms with Gasteiger partial charge in [0.2, 0.25) is 5.91 Å². The number of hydrogen-bond acceptors (Lipinski definition) is 7. The third kappa shape index (κ3) is 5.14. The Balaban J connectivity index is 1.57. The lowest BCUT2D eigenvalue weighted by molar-refractivity contribution is -0.116. The van der Waals surface area contributed by atoms with Crippen LogP contribution in [0, 0.1) is 6.92 Å². The lowest BCUT2D eigenvalue weighted by Gasteiger charge is -2.17. The van der Waals surface area contributed by atoms with Gasteiger partial charge in [-0.05, 0) is 25.1 Å². The van der Waals surface area contributed by atoms with Crippen LogP contribution in [0.5, 0.6) is 5.75 Å². The molecule has 3 aromatic rings. The van der Waals surface area contributed by atoms with Crippen molar-refractivity contribution in [1.82, 2.24) is 15.0 Å². The van der Waals surface area contributed by atoms with E-state index in [0.29, 0.717) is 29.5 Å². The van der Waals surface area contributed by atoms with Gasteiger partial charge in [0.1, 0.15) is 18.1 Å². The molecule has 0 aliphatic carbocycles. The van der Waals surface area contributed by atoms with Gasteiger partial charge in [0.25, 0.3) is 5.91 Å². The highest BCUT2D eigenvalue weighted by Crippen LogP contribution is 2.16. The summed E-state index contributed by atoms with van der Waals surface area (Å²) < 4.78 is 10.5. The average molecular weight is 386 g/mol. The molecule has 0 atom stereocenters. The summed E-state index contributed by atoms with van der Waals surface area (Å²) in [5.41, 5.74) is 2.99. The molecular formula is C18H18N4O4S. The number of carbonyl (C=O) groups is 2. The Hall–Kier alpha value is -3.20. The van der Waals surface area contributed by atoms with Crippen molar-refractivity contribution in [3.05, 3.63) is 58.2 Å². The maximum Gasteiger partial charge on any atom is 0.254 e. The molecule has 0 spiro atoms. The van der Waals surface area contributed by atoms with Crippen LogP contribution in [0.25, 0.3) is 0 Å². The first kappa shape index (κ1) is 18.6. The van der Waals surface area contributed by atoms with E-state index in [1.807, 2.05) is 5.38 Å². The molecule has 9 heteroatoms. The van der Waals surface area contributed by atoms with Crippen LogP contribution in [0.1, 0.15) is 21.8 Å². The molecule has 8 nitrogen and oxygen atoms in total. The quantitative estimate of drug-likeness (QED) is 0.670. The number of nitrogens with zero attached hydrogens (tertiary/aromatic N) is 3. The van der Waals surface area contributed by atoms with Gasteiger partial charge in [-0.25, -0.2) is 4.98 Å². The summed E-state index contributed by atoms with van der Waals surface area (Å²) in [6, 6.07) is 8.42. The molecule has 2 amide bonds. The summed E-state index contributed by atoms with van der Waals surface area (Å²) >= 11 is 1.49. The summed E-state index contributed by atoms with van der Waals surface area (Å²) in [7, 11) is 1.55. The second-order valence-electron chi connectivity index (χ2n) is 5.83. The first-order valence-electron chi connectivity index (χ1n) is 8.10. The fourth-order valence-corrected chi connectivity index (χ4v) is 2.84. The van der Waals surface area contributed by atoms with Crippen molar-refractivity contribution in [2.75, 3.05) is 18.9 Å². The zero-order valence-electron chi connectivity index (χ0n) is 14.8. The van der Waals surface area contributed by atoms with Gasteiger partial charge >= 0.3 is 0 Å². The van der Waals surface area contributed by atoms with Gasteiger partial charge < -0.3 is 19.5 Å². The molecule has 0 bridgehead atoms. The predicted octanol–water partition coefficient (Wildman–Crippen LogP) is 2.73. The van der Waals surface area contributed by atoms with Crippen molar-refractivity contribution in [2.45, 2.75) is 13.5 Å². The van der Waals surface area contributed by atoms with E-state index in [9.17, 15) is 9.59 Å². The highest BCUT2D eigenvalue weighted by atomic mass is 32.1. The van der Waals surface area contributed by atoms with E-state index in [1.54, 1.807) is 49.8 Å². The standard InChI is InChI=1S/C18H18N4O4S/c1-12-6-16(21-26-12)20-17(23)8-22(2)18(24)13-4-3-5-15(7-13)25-9-14-10-27-11-19-14/h3-7,10-11H,8-9H2,1-2H3,(H,20,21,23). The third-order valence-corrected chi connectivity index (χ3v) is 4.21. The molecule has 0 saturated carbocycles. The first-order valence-corrected chi connectivity index (χ1v) is 9.04. The maximum absolute atomic E-state index is 12.6. The van der Waals surface area contributed by atoms with Crippen LogP contribution in [0.15, 0.2) is 45.7 Å². The van der Waals surface area contributed by atoms with E-state index < -0.39 is 0 Å². The SMILES string of the molecule is Cc1cc(NC(=O)CN(C)C(=O)c2cccc(OCc3cscn3)c2)no1. The largest absolute Gasteiger partial charge is 0.487 e. The minimum atomic E-state index is -0.366. The maximum atomic E-state index is 12.6. The van der Waals surface area contributed by atoms with Crippen LogP contribution >= 0.6 is 11.3 Å². The van der Waals surface area contributed by atoms with Crippen molar-refractivity contribution in [3.63, 3.8) is 0 Å². The summed E-state index contributed by atoms with van der Waals surface area (Å²) in [6.45, 7) is 1.94. The smallest absolute Gasteiger partial charge is 0.254 e. The fraction of sp³-hybridized carbons (Fsp3) is 0.222. The van der Waals surface area contributed by atoms with E-state index in [0.717, 1.165) is 5.69 Å². The minimum absolute atomic E-state index is 0.116. The molecule has 0 aliphatic rings. The number of rotatable bonds is 7. The molecule has 0 aliphatic heterocycles. The number of aromatic nitrogens is 2. The number of ether oxygens (including phenoxy) is 1. The zero-order valence-corrected chi connectivity index (χ0v) is 15.7. The number of anilines is 1. The zero-order chi connectivity index (χ0) is 19.2. The van der Waals surface area contributed by atoms with Crippen LogP contribution in [-0.4, -0.2) is 40.4 Å². The average Bonchev–Trinajstić information content (AvgIpc) is 3.31. The lowest BCUT2D eigenvalue weighted by Crippen LogP contribution is -2.35. The number of aryl methyl sites for hydroxylation is 1. The fourth-order valence-electron chi connectivity index (χ4n) is 2.30. The predicted molar refractivity (Wildman–Crippen MR) is 99.7 cm³/mol. The summed E-state index contributed by atoms with van der Waals surface area (Å²) in [6.07, 6.45) is 0. The van der Waals surface area contributed by atoms with Gasteiger partial charge in [-0.15, -0.1) is 11.3 Å².